The highest BCUT2D eigenvalue weighted by Crippen LogP contribution is 2.36. The van der Waals surface area contributed by atoms with Gasteiger partial charge in [-0.15, -0.1) is 0 Å². The Morgan fingerprint density at radius 1 is 1.06 bits per heavy atom. The molecule has 2 N–H and O–H groups in total. The highest BCUT2D eigenvalue weighted by molar-refractivity contribution is 6.01. The van der Waals surface area contributed by atoms with Gasteiger partial charge in [0, 0.05) is 49.4 Å². The molecule has 5 rings (SSSR count). The van der Waals surface area contributed by atoms with Crippen molar-refractivity contribution in [3.05, 3.63) is 72.2 Å². The minimum Gasteiger partial charge on any atom is -0.383 e. The van der Waals surface area contributed by atoms with Gasteiger partial charge in [-0.2, -0.15) is 0 Å². The van der Waals surface area contributed by atoms with Gasteiger partial charge >= 0.3 is 0 Å². The molecule has 0 radical (unpaired) electrons. The van der Waals surface area contributed by atoms with Gasteiger partial charge in [-0.3, -0.25) is 4.79 Å². The molecule has 1 amide bonds. The molecule has 0 aliphatic carbocycles. The van der Waals surface area contributed by atoms with Crippen LogP contribution in [-0.2, 0) is 11.8 Å². The summed E-state index contributed by atoms with van der Waals surface area (Å²) in [4.78, 5) is 22.6. The maximum atomic E-state index is 13.6. The van der Waals surface area contributed by atoms with Crippen LogP contribution in [0.25, 0.3) is 22.2 Å². The van der Waals surface area contributed by atoms with Crippen molar-refractivity contribution in [2.24, 2.45) is 7.05 Å². The van der Waals surface area contributed by atoms with Crippen molar-refractivity contribution >= 4 is 28.4 Å². The molecule has 0 saturated carbocycles. The number of anilines is 2. The number of carbonyl (C=O) groups excluding carboxylic acids is 1. The van der Waals surface area contributed by atoms with Crippen LogP contribution in [0.15, 0.2) is 55.0 Å². The largest absolute Gasteiger partial charge is 0.383 e. The number of aryl methyl sites for hydroxylation is 1. The molecule has 1 unspecified atom stereocenters. The Labute approximate surface area is 176 Å². The number of rotatable bonds is 3. The van der Waals surface area contributed by atoms with Gasteiger partial charge in [-0.05, 0) is 35.4 Å². The number of amides is 1. The number of nitrogens with zero attached hydrogens (tertiary/aromatic N) is 4. The molecule has 31 heavy (non-hydrogen) atoms. The Balaban J connectivity index is 1.44. The van der Waals surface area contributed by atoms with Crippen LogP contribution >= 0.6 is 0 Å². The van der Waals surface area contributed by atoms with Gasteiger partial charge in [0.05, 0.1) is 5.39 Å². The van der Waals surface area contributed by atoms with Gasteiger partial charge in [0.25, 0.3) is 0 Å². The predicted molar refractivity (Wildman–Crippen MR) is 114 cm³/mol. The summed E-state index contributed by atoms with van der Waals surface area (Å²) in [5, 5.41) is 0.781. The van der Waals surface area contributed by atoms with Gasteiger partial charge in [-0.25, -0.2) is 18.7 Å². The van der Waals surface area contributed by atoms with E-state index in [1.807, 2.05) is 42.1 Å². The average molecular weight is 419 g/mol. The third-order valence-electron chi connectivity index (χ3n) is 5.75. The summed E-state index contributed by atoms with van der Waals surface area (Å²) < 4.78 is 29.1. The molecule has 2 aromatic carbocycles. The fraction of sp³-hybridized carbons (Fsp3) is 0.174. The second kappa shape index (κ2) is 7.16. The molecule has 2 aromatic heterocycles. The van der Waals surface area contributed by atoms with Crippen LogP contribution in [0.5, 0.6) is 0 Å². The SMILES string of the molecule is Cn1cc(-c2ccc(N3CC(c4cc(F)cc(F)c4)CC3=O)cc2)c2c(N)ncnc21. The first-order valence-corrected chi connectivity index (χ1v) is 9.83. The van der Waals surface area contributed by atoms with E-state index in [4.69, 9.17) is 5.73 Å². The minimum absolute atomic E-state index is 0.0785. The van der Waals surface area contributed by atoms with Crippen LogP contribution < -0.4 is 10.6 Å². The van der Waals surface area contributed by atoms with Gasteiger partial charge in [0.15, 0.2) is 0 Å². The maximum absolute atomic E-state index is 13.6. The molecule has 1 fully saturated rings. The van der Waals surface area contributed by atoms with E-state index in [9.17, 15) is 13.6 Å². The normalized spacial score (nSPS) is 16.4. The zero-order valence-corrected chi connectivity index (χ0v) is 16.7. The van der Waals surface area contributed by atoms with Crippen molar-refractivity contribution in [3.8, 4) is 11.1 Å². The molecule has 1 atom stereocenters. The van der Waals surface area contributed by atoms with Gasteiger partial charge in [0.2, 0.25) is 5.91 Å². The molecule has 3 heterocycles. The Bertz CT molecular complexity index is 1300. The van der Waals surface area contributed by atoms with E-state index >= 15 is 0 Å². The van der Waals surface area contributed by atoms with E-state index in [1.165, 1.54) is 18.5 Å². The fourth-order valence-electron chi connectivity index (χ4n) is 4.27. The fourth-order valence-corrected chi connectivity index (χ4v) is 4.27. The number of carbonyl (C=O) groups is 1. The van der Waals surface area contributed by atoms with Crippen molar-refractivity contribution in [2.75, 3.05) is 17.2 Å². The summed E-state index contributed by atoms with van der Waals surface area (Å²) in [7, 11) is 1.89. The van der Waals surface area contributed by atoms with Crippen LogP contribution in [0, 0.1) is 11.6 Å². The second-order valence-corrected chi connectivity index (χ2v) is 7.77. The molecule has 8 heteroatoms. The number of hydrogen-bond donors (Lipinski definition) is 1. The second-order valence-electron chi connectivity index (χ2n) is 7.77. The maximum Gasteiger partial charge on any atom is 0.227 e. The number of hydrogen-bond acceptors (Lipinski definition) is 4. The van der Waals surface area contributed by atoms with E-state index in [0.29, 0.717) is 17.9 Å². The van der Waals surface area contributed by atoms with E-state index < -0.39 is 11.6 Å². The quantitative estimate of drug-likeness (QED) is 0.544. The predicted octanol–water partition coefficient (Wildman–Crippen LogP) is 4.02. The monoisotopic (exact) mass is 419 g/mol. The lowest BCUT2D eigenvalue weighted by Crippen LogP contribution is -2.24. The molecule has 1 saturated heterocycles. The number of fused-ring (bicyclic) bond motifs is 1. The molecule has 1 aliphatic heterocycles. The summed E-state index contributed by atoms with van der Waals surface area (Å²) in [5.74, 6) is -1.20. The summed E-state index contributed by atoms with van der Waals surface area (Å²) in [5.41, 5.74) is 9.88. The third kappa shape index (κ3) is 3.30. The van der Waals surface area contributed by atoms with Gasteiger partial charge in [-0.1, -0.05) is 12.1 Å². The lowest BCUT2D eigenvalue weighted by Gasteiger charge is -2.17. The molecule has 0 spiro atoms. The Morgan fingerprint density at radius 2 is 1.77 bits per heavy atom. The smallest absolute Gasteiger partial charge is 0.227 e. The molecule has 6 nitrogen and oxygen atoms in total. The van der Waals surface area contributed by atoms with Crippen LogP contribution in [0.1, 0.15) is 17.9 Å². The van der Waals surface area contributed by atoms with Crippen molar-refractivity contribution in [3.63, 3.8) is 0 Å². The first kappa shape index (κ1) is 19.2. The molecule has 0 bridgehead atoms. The highest BCUT2D eigenvalue weighted by Gasteiger charge is 2.32. The first-order chi connectivity index (χ1) is 14.9. The molecular weight excluding hydrogens is 400 g/mol. The van der Waals surface area contributed by atoms with Crippen LogP contribution in [-0.4, -0.2) is 27.0 Å². The zero-order chi connectivity index (χ0) is 21.7. The highest BCUT2D eigenvalue weighted by atomic mass is 19.1. The van der Waals surface area contributed by atoms with E-state index in [-0.39, 0.29) is 18.2 Å². The average Bonchev–Trinajstić information content (AvgIpc) is 3.29. The summed E-state index contributed by atoms with van der Waals surface area (Å²) >= 11 is 0. The number of halogens is 2. The minimum atomic E-state index is -0.636. The number of benzene rings is 2. The number of aromatic nitrogens is 3. The van der Waals surface area contributed by atoms with Crippen molar-refractivity contribution in [1.29, 1.82) is 0 Å². The Hall–Kier alpha value is -3.81. The van der Waals surface area contributed by atoms with Crippen LogP contribution in [0.4, 0.5) is 20.3 Å². The van der Waals surface area contributed by atoms with Crippen molar-refractivity contribution in [2.45, 2.75) is 12.3 Å². The van der Waals surface area contributed by atoms with Crippen molar-refractivity contribution < 1.29 is 13.6 Å². The van der Waals surface area contributed by atoms with Crippen LogP contribution in [0.2, 0.25) is 0 Å². The van der Waals surface area contributed by atoms with Gasteiger partial charge < -0.3 is 15.2 Å². The molecule has 1 aliphatic rings. The van der Waals surface area contributed by atoms with E-state index in [2.05, 4.69) is 9.97 Å². The number of nitrogens with two attached hydrogens (primary N) is 1. The van der Waals surface area contributed by atoms with E-state index in [0.717, 1.165) is 33.9 Å². The summed E-state index contributed by atoms with van der Waals surface area (Å²) in [6.45, 7) is 0.371. The first-order valence-electron chi connectivity index (χ1n) is 9.83. The lowest BCUT2D eigenvalue weighted by molar-refractivity contribution is -0.117. The Morgan fingerprint density at radius 3 is 2.48 bits per heavy atom. The molecule has 156 valence electrons. The third-order valence-corrected chi connectivity index (χ3v) is 5.75. The number of nitrogen functional groups attached to an aromatic ring is 1. The Kier molecular flexibility index (Phi) is 4.43. The zero-order valence-electron chi connectivity index (χ0n) is 16.7. The van der Waals surface area contributed by atoms with Crippen LogP contribution in [0.3, 0.4) is 0 Å². The summed E-state index contributed by atoms with van der Waals surface area (Å²) in [6, 6.07) is 11.0. The standard InChI is InChI=1S/C23H19F2N5O/c1-29-11-19(21-22(26)27-12-28-23(21)29)13-2-4-18(5-3-13)30-10-15(8-20(30)31)14-6-16(24)9-17(25)7-14/h2-7,9,11-12,15H,8,10H2,1H3,(H2,26,27,28). The van der Waals surface area contributed by atoms with Crippen molar-refractivity contribution in [1.82, 2.24) is 14.5 Å². The summed E-state index contributed by atoms with van der Waals surface area (Å²) in [6.07, 6.45) is 3.59. The van der Waals surface area contributed by atoms with E-state index in [1.54, 1.807) is 4.90 Å². The van der Waals surface area contributed by atoms with Gasteiger partial charge in [0.1, 0.15) is 29.4 Å². The topological polar surface area (TPSA) is 77.0 Å². The molecule has 4 aromatic rings. The molecular formula is C23H19F2N5O. The lowest BCUT2D eigenvalue weighted by atomic mass is 9.98.